The third-order valence-electron chi connectivity index (χ3n) is 5.10. The lowest BCUT2D eigenvalue weighted by Crippen LogP contribution is -2.38. The molecular formula is C16H21F2NO. The van der Waals surface area contributed by atoms with Crippen molar-refractivity contribution in [3.05, 3.63) is 29.3 Å². The van der Waals surface area contributed by atoms with Crippen molar-refractivity contribution in [1.29, 1.82) is 0 Å². The highest BCUT2D eigenvalue weighted by atomic mass is 19.3. The van der Waals surface area contributed by atoms with Gasteiger partial charge in [0.1, 0.15) is 5.75 Å². The van der Waals surface area contributed by atoms with E-state index >= 15 is 0 Å². The number of hydrogen-bond donors (Lipinski definition) is 0. The largest absolute Gasteiger partial charge is 0.435 e. The van der Waals surface area contributed by atoms with Crippen LogP contribution in [0.3, 0.4) is 0 Å². The summed E-state index contributed by atoms with van der Waals surface area (Å²) in [6.07, 6.45) is 3.29. The van der Waals surface area contributed by atoms with E-state index < -0.39 is 6.61 Å². The Balaban J connectivity index is 2.03. The summed E-state index contributed by atoms with van der Waals surface area (Å²) in [6.45, 7) is 1.57. The summed E-state index contributed by atoms with van der Waals surface area (Å²) in [4.78, 5) is 2.36. The zero-order valence-electron chi connectivity index (χ0n) is 12.0. The molecule has 1 aliphatic heterocycles. The number of rotatable bonds is 3. The highest BCUT2D eigenvalue weighted by molar-refractivity contribution is 5.44. The molecule has 2 atom stereocenters. The molecule has 1 unspecified atom stereocenters. The van der Waals surface area contributed by atoms with E-state index in [9.17, 15) is 8.78 Å². The lowest BCUT2D eigenvalue weighted by molar-refractivity contribution is -0.0499. The molecule has 1 fully saturated rings. The SMILES string of the molecule is CC[C@]12CN(C)CC1CCc1ccc(OC(F)F)cc12. The van der Waals surface area contributed by atoms with Gasteiger partial charge in [-0.2, -0.15) is 8.78 Å². The van der Waals surface area contributed by atoms with Gasteiger partial charge in [-0.25, -0.2) is 0 Å². The number of likely N-dealkylation sites (N-methyl/N-ethyl adjacent to an activating group) is 1. The van der Waals surface area contributed by atoms with Crippen LogP contribution in [0.2, 0.25) is 0 Å². The molecule has 1 saturated heterocycles. The van der Waals surface area contributed by atoms with Crippen molar-refractivity contribution in [3.63, 3.8) is 0 Å². The molecule has 0 N–H and O–H groups in total. The Hall–Kier alpha value is -1.16. The van der Waals surface area contributed by atoms with Crippen molar-refractivity contribution < 1.29 is 13.5 Å². The van der Waals surface area contributed by atoms with Crippen LogP contribution in [0.15, 0.2) is 18.2 Å². The van der Waals surface area contributed by atoms with Gasteiger partial charge in [0.15, 0.2) is 0 Å². The van der Waals surface area contributed by atoms with E-state index in [2.05, 4.69) is 23.6 Å². The number of nitrogens with zero attached hydrogens (tertiary/aromatic N) is 1. The van der Waals surface area contributed by atoms with Gasteiger partial charge in [-0.3, -0.25) is 0 Å². The van der Waals surface area contributed by atoms with E-state index in [1.807, 2.05) is 12.1 Å². The van der Waals surface area contributed by atoms with Crippen molar-refractivity contribution in [2.45, 2.75) is 38.2 Å². The number of aryl methyl sites for hydroxylation is 1. The van der Waals surface area contributed by atoms with Crippen molar-refractivity contribution in [2.75, 3.05) is 20.1 Å². The van der Waals surface area contributed by atoms with Gasteiger partial charge in [-0.05, 0) is 55.5 Å². The summed E-state index contributed by atoms with van der Waals surface area (Å²) < 4.78 is 29.5. The Bertz CT molecular complexity index is 505. The van der Waals surface area contributed by atoms with Gasteiger partial charge in [0.2, 0.25) is 0 Å². The topological polar surface area (TPSA) is 12.5 Å². The first-order valence-electron chi connectivity index (χ1n) is 7.32. The van der Waals surface area contributed by atoms with Crippen LogP contribution in [0.4, 0.5) is 8.78 Å². The molecule has 1 aromatic carbocycles. The summed E-state index contributed by atoms with van der Waals surface area (Å²) in [7, 11) is 2.15. The van der Waals surface area contributed by atoms with Crippen LogP contribution in [0.1, 0.15) is 30.9 Å². The smallest absolute Gasteiger partial charge is 0.387 e. The zero-order chi connectivity index (χ0) is 14.3. The molecule has 1 heterocycles. The zero-order valence-corrected chi connectivity index (χ0v) is 12.0. The Labute approximate surface area is 118 Å². The van der Waals surface area contributed by atoms with Crippen LogP contribution < -0.4 is 4.74 Å². The second-order valence-electron chi connectivity index (χ2n) is 6.14. The highest BCUT2D eigenvalue weighted by Gasteiger charge is 2.48. The predicted molar refractivity (Wildman–Crippen MR) is 74.4 cm³/mol. The molecule has 2 aliphatic rings. The van der Waals surface area contributed by atoms with Crippen LogP contribution in [0, 0.1) is 5.92 Å². The number of hydrogen-bond acceptors (Lipinski definition) is 2. The number of likely N-dealkylation sites (tertiary alicyclic amines) is 1. The fourth-order valence-electron chi connectivity index (χ4n) is 4.23. The lowest BCUT2D eigenvalue weighted by atomic mass is 9.63. The second kappa shape index (κ2) is 4.99. The molecule has 1 aliphatic carbocycles. The van der Waals surface area contributed by atoms with Gasteiger partial charge in [0.05, 0.1) is 0 Å². The third-order valence-corrected chi connectivity index (χ3v) is 5.10. The number of benzene rings is 1. The molecule has 4 heteroatoms. The Kier molecular flexibility index (Phi) is 3.44. The average molecular weight is 281 g/mol. The summed E-state index contributed by atoms with van der Waals surface area (Å²) >= 11 is 0. The first-order chi connectivity index (χ1) is 9.55. The van der Waals surface area contributed by atoms with Gasteiger partial charge >= 0.3 is 6.61 Å². The predicted octanol–water partition coefficient (Wildman–Crippen LogP) is 3.44. The molecule has 110 valence electrons. The summed E-state index contributed by atoms with van der Waals surface area (Å²) in [5, 5.41) is 0. The quantitative estimate of drug-likeness (QED) is 0.841. The Morgan fingerprint density at radius 1 is 1.45 bits per heavy atom. The molecule has 0 aromatic heterocycles. The minimum absolute atomic E-state index is 0.115. The maximum atomic E-state index is 12.4. The van der Waals surface area contributed by atoms with Crippen molar-refractivity contribution in [1.82, 2.24) is 4.90 Å². The van der Waals surface area contributed by atoms with E-state index in [0.717, 1.165) is 25.9 Å². The van der Waals surface area contributed by atoms with Crippen LogP contribution in [0.25, 0.3) is 0 Å². The molecule has 0 bridgehead atoms. The van der Waals surface area contributed by atoms with Crippen molar-refractivity contribution in [3.8, 4) is 5.75 Å². The minimum Gasteiger partial charge on any atom is -0.435 e. The van der Waals surface area contributed by atoms with Crippen LogP contribution in [0.5, 0.6) is 5.75 Å². The number of halogens is 2. The van der Waals surface area contributed by atoms with Crippen LogP contribution in [-0.2, 0) is 11.8 Å². The summed E-state index contributed by atoms with van der Waals surface area (Å²) in [5.41, 5.74) is 2.66. The second-order valence-corrected chi connectivity index (χ2v) is 6.14. The molecular weight excluding hydrogens is 260 g/mol. The third kappa shape index (κ3) is 2.10. The fourth-order valence-corrected chi connectivity index (χ4v) is 4.23. The van der Waals surface area contributed by atoms with Gasteiger partial charge in [-0.15, -0.1) is 0 Å². The monoisotopic (exact) mass is 281 g/mol. The molecule has 20 heavy (non-hydrogen) atoms. The van der Waals surface area contributed by atoms with Gasteiger partial charge in [0.25, 0.3) is 0 Å². The molecule has 2 nitrogen and oxygen atoms in total. The first-order valence-corrected chi connectivity index (χ1v) is 7.32. The van der Waals surface area contributed by atoms with Gasteiger partial charge in [0, 0.05) is 18.5 Å². The van der Waals surface area contributed by atoms with Gasteiger partial charge in [-0.1, -0.05) is 13.0 Å². The minimum atomic E-state index is -2.75. The van der Waals surface area contributed by atoms with E-state index in [1.54, 1.807) is 6.07 Å². The van der Waals surface area contributed by atoms with Crippen molar-refractivity contribution in [2.24, 2.45) is 5.92 Å². The van der Waals surface area contributed by atoms with Gasteiger partial charge < -0.3 is 9.64 Å². The maximum absolute atomic E-state index is 12.4. The van der Waals surface area contributed by atoms with E-state index in [4.69, 9.17) is 0 Å². The molecule has 0 spiro atoms. The fraction of sp³-hybridized carbons (Fsp3) is 0.625. The maximum Gasteiger partial charge on any atom is 0.387 e. The standard InChI is InChI=1S/C16H21F2NO/c1-3-16-10-19(2)9-12(16)6-4-11-5-7-13(8-14(11)16)20-15(17)18/h5,7-8,12,15H,3-4,6,9-10H2,1-2H3/t12?,16-/m0/s1. The van der Waals surface area contributed by atoms with E-state index in [-0.39, 0.29) is 5.41 Å². The average Bonchev–Trinajstić information content (AvgIpc) is 2.75. The molecule has 1 aromatic rings. The number of ether oxygens (including phenoxy) is 1. The Morgan fingerprint density at radius 3 is 2.95 bits per heavy atom. The first kappa shape index (κ1) is 13.8. The van der Waals surface area contributed by atoms with E-state index in [0.29, 0.717) is 11.7 Å². The number of alkyl halides is 2. The molecule has 0 amide bonds. The molecule has 0 saturated carbocycles. The number of fused-ring (bicyclic) bond motifs is 3. The van der Waals surface area contributed by atoms with E-state index in [1.165, 1.54) is 17.5 Å². The van der Waals surface area contributed by atoms with Crippen LogP contribution in [-0.4, -0.2) is 31.6 Å². The Morgan fingerprint density at radius 2 is 2.25 bits per heavy atom. The summed E-state index contributed by atoms with van der Waals surface area (Å²) in [5.74, 6) is 0.925. The normalized spacial score (nSPS) is 29.4. The van der Waals surface area contributed by atoms with Crippen LogP contribution >= 0.6 is 0 Å². The lowest BCUT2D eigenvalue weighted by Gasteiger charge is -2.40. The molecule has 3 rings (SSSR count). The molecule has 0 radical (unpaired) electrons. The highest BCUT2D eigenvalue weighted by Crippen LogP contribution is 2.49. The van der Waals surface area contributed by atoms with Crippen molar-refractivity contribution >= 4 is 0 Å². The summed E-state index contributed by atoms with van der Waals surface area (Å²) in [6, 6.07) is 5.50.